The monoisotopic (exact) mass is 499 g/mol. The molecule has 0 aliphatic rings. The highest BCUT2D eigenvalue weighted by Gasteiger charge is 2.33. The number of carbonyl (C=O) groups excluding carboxylic acids is 3. The summed E-state index contributed by atoms with van der Waals surface area (Å²) in [4.78, 5) is 34.8. The van der Waals surface area contributed by atoms with Crippen molar-refractivity contribution in [2.75, 3.05) is 18.6 Å². The molecular weight excluding hydrogens is 475 g/mol. The summed E-state index contributed by atoms with van der Waals surface area (Å²) in [5.74, 6) is -1.75. The van der Waals surface area contributed by atoms with E-state index in [9.17, 15) is 36.0 Å². The molecule has 0 saturated carbocycles. The average molecular weight is 500 g/mol. The van der Waals surface area contributed by atoms with Gasteiger partial charge in [-0.15, -0.1) is 0 Å². The lowest BCUT2D eigenvalue weighted by Gasteiger charge is -2.18. The predicted octanol–water partition coefficient (Wildman–Crippen LogP) is 1.88. The van der Waals surface area contributed by atoms with Gasteiger partial charge in [-0.05, 0) is 50.5 Å². The van der Waals surface area contributed by atoms with Crippen molar-refractivity contribution in [3.63, 3.8) is 0 Å². The summed E-state index contributed by atoms with van der Waals surface area (Å²) in [7, 11) is -4.51. The van der Waals surface area contributed by atoms with E-state index >= 15 is 0 Å². The Bertz CT molecular complexity index is 923. The minimum absolute atomic E-state index is 0.0480. The van der Waals surface area contributed by atoms with Gasteiger partial charge in [0, 0.05) is 6.04 Å². The summed E-state index contributed by atoms with van der Waals surface area (Å²) >= 11 is 1.29. The molecule has 9 nitrogen and oxygen atoms in total. The van der Waals surface area contributed by atoms with E-state index in [4.69, 9.17) is 4.74 Å². The Morgan fingerprint density at radius 1 is 1.19 bits per heavy atom. The molecule has 0 heterocycles. The lowest BCUT2D eigenvalue weighted by molar-refractivity contribution is -0.150. The molecule has 0 saturated heterocycles. The van der Waals surface area contributed by atoms with Gasteiger partial charge in [-0.3, -0.25) is 14.9 Å². The zero-order valence-electron chi connectivity index (χ0n) is 17.5. The first-order valence-electron chi connectivity index (χ1n) is 9.21. The second kappa shape index (κ2) is 12.1. The van der Waals surface area contributed by atoms with Crippen molar-refractivity contribution in [3.05, 3.63) is 29.8 Å². The number of alkyl halides is 3. The number of thioether (sulfide) groups is 1. The number of benzene rings is 1. The van der Waals surface area contributed by atoms with Gasteiger partial charge < -0.3 is 10.1 Å². The van der Waals surface area contributed by atoms with E-state index in [2.05, 4.69) is 5.32 Å². The van der Waals surface area contributed by atoms with E-state index in [0.717, 1.165) is 12.1 Å². The van der Waals surface area contributed by atoms with Gasteiger partial charge in [0.05, 0.1) is 10.5 Å². The molecule has 3 amide bonds. The lowest BCUT2D eigenvalue weighted by atomic mass is 10.2. The number of urea groups is 1. The first-order valence-corrected chi connectivity index (χ1v) is 12.1. The molecule has 1 aromatic carbocycles. The van der Waals surface area contributed by atoms with Gasteiger partial charge in [-0.2, -0.15) is 29.7 Å². The van der Waals surface area contributed by atoms with E-state index in [1.165, 1.54) is 11.8 Å². The maximum Gasteiger partial charge on any atom is 0.416 e. The standard InChI is InChI=1S/C18H24F3N3O6S2/c1-11(2)22-17(27)23-15(25)10-30-16(26)14(7-8-31-3)24-32(28,29)13-6-4-5-12(9-13)18(19,20)21/h4-6,9,11,14,24H,7-8,10H2,1-3H3,(H2,22,23,25,27)/t14-/m1/s1. The highest BCUT2D eigenvalue weighted by Crippen LogP contribution is 2.30. The lowest BCUT2D eigenvalue weighted by Crippen LogP contribution is -2.46. The number of nitrogens with one attached hydrogen (secondary N) is 3. The first-order chi connectivity index (χ1) is 14.8. The van der Waals surface area contributed by atoms with Crippen molar-refractivity contribution >= 4 is 39.7 Å². The fourth-order valence-corrected chi connectivity index (χ4v) is 3.99. The molecule has 0 unspecified atom stereocenters. The maximum atomic E-state index is 12.9. The number of halogens is 3. The summed E-state index contributed by atoms with van der Waals surface area (Å²) in [5.41, 5.74) is -1.17. The largest absolute Gasteiger partial charge is 0.454 e. The fraction of sp³-hybridized carbons (Fsp3) is 0.500. The predicted molar refractivity (Wildman–Crippen MR) is 111 cm³/mol. The number of hydrogen-bond acceptors (Lipinski definition) is 7. The molecular formula is C18H24F3N3O6S2. The number of carbonyl (C=O) groups is 3. The van der Waals surface area contributed by atoms with Crippen LogP contribution < -0.4 is 15.4 Å². The number of sulfonamides is 1. The van der Waals surface area contributed by atoms with Gasteiger partial charge in [-0.25, -0.2) is 13.2 Å². The molecule has 0 aromatic heterocycles. The van der Waals surface area contributed by atoms with Crippen LogP contribution in [0.1, 0.15) is 25.8 Å². The van der Waals surface area contributed by atoms with Crippen molar-refractivity contribution in [1.82, 2.24) is 15.4 Å². The van der Waals surface area contributed by atoms with Crippen molar-refractivity contribution in [2.24, 2.45) is 0 Å². The van der Waals surface area contributed by atoms with Gasteiger partial charge in [0.25, 0.3) is 5.91 Å². The highest BCUT2D eigenvalue weighted by atomic mass is 32.2. The minimum Gasteiger partial charge on any atom is -0.454 e. The van der Waals surface area contributed by atoms with Crippen molar-refractivity contribution in [1.29, 1.82) is 0 Å². The number of amides is 3. The third-order valence-electron chi connectivity index (χ3n) is 3.68. The van der Waals surface area contributed by atoms with Crippen LogP contribution >= 0.6 is 11.8 Å². The summed E-state index contributed by atoms with van der Waals surface area (Å²) in [6.07, 6.45) is -3.10. The van der Waals surface area contributed by atoms with E-state index in [1.807, 2.05) is 10.0 Å². The molecule has 0 radical (unpaired) electrons. The summed E-state index contributed by atoms with van der Waals surface area (Å²) in [6.45, 7) is 2.47. The molecule has 0 aliphatic heterocycles. The third-order valence-corrected chi connectivity index (χ3v) is 5.80. The molecule has 1 aromatic rings. The van der Waals surface area contributed by atoms with Crippen LogP contribution in [0, 0.1) is 0 Å². The molecule has 1 atom stereocenters. The highest BCUT2D eigenvalue weighted by molar-refractivity contribution is 7.98. The zero-order chi connectivity index (χ0) is 24.5. The van der Waals surface area contributed by atoms with Crippen LogP contribution in [0.2, 0.25) is 0 Å². The topological polar surface area (TPSA) is 131 Å². The quantitative estimate of drug-likeness (QED) is 0.419. The molecule has 32 heavy (non-hydrogen) atoms. The van der Waals surface area contributed by atoms with Crippen molar-refractivity contribution in [3.8, 4) is 0 Å². The zero-order valence-corrected chi connectivity index (χ0v) is 19.1. The fourth-order valence-electron chi connectivity index (χ4n) is 2.25. The minimum atomic E-state index is -4.75. The summed E-state index contributed by atoms with van der Waals surface area (Å²) in [5, 5.41) is 4.32. The smallest absolute Gasteiger partial charge is 0.416 e. The van der Waals surface area contributed by atoms with Crippen LogP contribution in [0.15, 0.2) is 29.2 Å². The molecule has 3 N–H and O–H groups in total. The average Bonchev–Trinajstić information content (AvgIpc) is 2.68. The Morgan fingerprint density at radius 3 is 2.41 bits per heavy atom. The van der Waals surface area contributed by atoms with Crippen LogP contribution in [0.4, 0.5) is 18.0 Å². The second-order valence-corrected chi connectivity index (χ2v) is 9.46. The Labute approximate surface area is 187 Å². The Hall–Kier alpha value is -2.32. The molecule has 1 rings (SSSR count). The number of esters is 1. The Balaban J connectivity index is 2.88. The van der Waals surface area contributed by atoms with Crippen LogP contribution in [0.5, 0.6) is 0 Å². The van der Waals surface area contributed by atoms with Gasteiger partial charge in [0.15, 0.2) is 6.61 Å². The third kappa shape index (κ3) is 9.44. The van der Waals surface area contributed by atoms with Gasteiger partial charge in [0.2, 0.25) is 10.0 Å². The van der Waals surface area contributed by atoms with E-state index in [0.29, 0.717) is 17.9 Å². The molecule has 0 bridgehead atoms. The van der Waals surface area contributed by atoms with Crippen molar-refractivity contribution in [2.45, 2.75) is 43.4 Å². The molecule has 180 valence electrons. The van der Waals surface area contributed by atoms with E-state index in [1.54, 1.807) is 20.1 Å². The van der Waals surface area contributed by atoms with E-state index < -0.39 is 57.2 Å². The molecule has 14 heteroatoms. The summed E-state index contributed by atoms with van der Waals surface area (Å²) in [6, 6.07) is 0.539. The number of hydrogen-bond donors (Lipinski definition) is 3. The number of ether oxygens (including phenoxy) is 1. The van der Waals surface area contributed by atoms with Gasteiger partial charge >= 0.3 is 18.2 Å². The van der Waals surface area contributed by atoms with Crippen molar-refractivity contribution < 1.29 is 40.7 Å². The molecule has 0 aliphatic carbocycles. The van der Waals surface area contributed by atoms with Crippen LogP contribution in [0.3, 0.4) is 0 Å². The molecule has 0 fully saturated rings. The van der Waals surface area contributed by atoms with Gasteiger partial charge in [-0.1, -0.05) is 6.07 Å². The first kappa shape index (κ1) is 27.7. The Morgan fingerprint density at radius 2 is 1.84 bits per heavy atom. The second-order valence-electron chi connectivity index (χ2n) is 6.76. The van der Waals surface area contributed by atoms with Crippen LogP contribution in [-0.2, 0) is 30.5 Å². The summed E-state index contributed by atoms with van der Waals surface area (Å²) < 4.78 is 70.6. The SMILES string of the molecule is CSCC[C@@H](NS(=O)(=O)c1cccc(C(F)(F)F)c1)C(=O)OCC(=O)NC(=O)NC(C)C. The molecule has 0 spiro atoms. The Kier molecular flexibility index (Phi) is 10.4. The van der Waals surface area contributed by atoms with Crippen LogP contribution in [-0.4, -0.2) is 57.0 Å². The maximum absolute atomic E-state index is 12.9. The van der Waals surface area contributed by atoms with E-state index in [-0.39, 0.29) is 12.5 Å². The normalized spacial score (nSPS) is 12.8. The number of rotatable bonds is 10. The van der Waals surface area contributed by atoms with Crippen LogP contribution in [0.25, 0.3) is 0 Å². The van der Waals surface area contributed by atoms with Gasteiger partial charge in [0.1, 0.15) is 6.04 Å². The number of imide groups is 1.